The lowest BCUT2D eigenvalue weighted by Crippen LogP contribution is -2.62. The Morgan fingerprint density at radius 1 is 0.979 bits per heavy atom. The van der Waals surface area contributed by atoms with E-state index < -0.39 is 41.9 Å². The van der Waals surface area contributed by atoms with Gasteiger partial charge in [-0.25, -0.2) is 19.6 Å². The predicted octanol–water partition coefficient (Wildman–Crippen LogP) is 4.84. The Hall–Kier alpha value is -3.70. The summed E-state index contributed by atoms with van der Waals surface area (Å²) in [7, 11) is 0. The van der Waals surface area contributed by atoms with Gasteiger partial charge >= 0.3 is 12.2 Å². The van der Waals surface area contributed by atoms with E-state index >= 15 is 0 Å². The molecule has 1 aliphatic heterocycles. The van der Waals surface area contributed by atoms with E-state index in [0.717, 1.165) is 24.8 Å². The lowest BCUT2D eigenvalue weighted by Gasteiger charge is -2.48. The fourth-order valence-corrected chi connectivity index (χ4v) is 7.56. The zero-order chi connectivity index (χ0) is 33.7. The first-order valence-electron chi connectivity index (χ1n) is 17.1. The summed E-state index contributed by atoms with van der Waals surface area (Å²) in [4.78, 5) is 44.3. The maximum Gasteiger partial charge on any atom is 0.425 e. The monoisotopic (exact) mass is 649 g/mol. The standard InChI is InChI=1S/C36H51N5O6/c1-23(2)32(39-34(44)46-22-25-15-11-12-18-37-25)33(43)38-28(19-24-13-7-6-8-14-24)31(42)21-40-29-20-30(27-17-10-9-16-26(27)29)41(40)35(45)47-36(3,4)5/h6-8,11-15,18,23,26-32,42H,9-10,16-17,19-22H2,1-5H3,(H,38,43)(H,39,44)/t26?,27?,28-,29?,30?,31?,32-/m0/s1. The van der Waals surface area contributed by atoms with E-state index in [0.29, 0.717) is 24.0 Å². The topological polar surface area (TPSA) is 133 Å². The molecule has 1 saturated heterocycles. The van der Waals surface area contributed by atoms with Crippen molar-refractivity contribution in [2.45, 2.75) is 116 Å². The van der Waals surface area contributed by atoms with Crippen molar-refractivity contribution in [1.29, 1.82) is 0 Å². The summed E-state index contributed by atoms with van der Waals surface area (Å²) in [6.45, 7) is 9.40. The van der Waals surface area contributed by atoms with Crippen LogP contribution in [-0.4, -0.2) is 80.6 Å². The van der Waals surface area contributed by atoms with Gasteiger partial charge in [0, 0.05) is 18.8 Å². The fourth-order valence-electron chi connectivity index (χ4n) is 7.56. The summed E-state index contributed by atoms with van der Waals surface area (Å²) in [6, 6.07) is 13.6. The maximum atomic E-state index is 13.8. The number of ether oxygens (including phenoxy) is 2. The molecular weight excluding hydrogens is 598 g/mol. The molecule has 0 spiro atoms. The number of aromatic nitrogens is 1. The Labute approximate surface area is 278 Å². The molecule has 3 fully saturated rings. The molecule has 7 atom stereocenters. The van der Waals surface area contributed by atoms with E-state index in [4.69, 9.17) is 9.47 Å². The summed E-state index contributed by atoms with van der Waals surface area (Å²) in [5.41, 5.74) is 0.881. The molecule has 11 nitrogen and oxygen atoms in total. The van der Waals surface area contributed by atoms with E-state index in [-0.39, 0.29) is 31.2 Å². The number of pyridine rings is 1. The Morgan fingerprint density at radius 2 is 1.66 bits per heavy atom. The quantitative estimate of drug-likeness (QED) is 0.315. The van der Waals surface area contributed by atoms with Crippen LogP contribution in [0, 0.1) is 17.8 Å². The van der Waals surface area contributed by atoms with Gasteiger partial charge in [0.15, 0.2) is 0 Å². The van der Waals surface area contributed by atoms with Crippen LogP contribution in [0.4, 0.5) is 9.59 Å². The molecule has 5 rings (SSSR count). The molecule has 256 valence electrons. The van der Waals surface area contributed by atoms with E-state index in [1.165, 1.54) is 12.8 Å². The van der Waals surface area contributed by atoms with Gasteiger partial charge in [-0.1, -0.05) is 63.1 Å². The molecule has 2 heterocycles. The second kappa shape index (κ2) is 15.0. The Kier molecular flexibility index (Phi) is 11.1. The lowest BCUT2D eigenvalue weighted by atomic mass is 9.77. The number of carbonyl (C=O) groups excluding carboxylic acids is 3. The molecule has 2 aliphatic carbocycles. The molecule has 47 heavy (non-hydrogen) atoms. The molecule has 1 aromatic carbocycles. The van der Waals surface area contributed by atoms with Crippen molar-refractivity contribution >= 4 is 18.1 Å². The van der Waals surface area contributed by atoms with Crippen molar-refractivity contribution in [3.05, 3.63) is 66.0 Å². The number of fused-ring (bicyclic) bond motifs is 5. The van der Waals surface area contributed by atoms with E-state index in [1.54, 1.807) is 29.4 Å². The molecule has 2 aromatic rings. The molecule has 3 N–H and O–H groups in total. The van der Waals surface area contributed by atoms with Crippen LogP contribution in [0.5, 0.6) is 0 Å². The smallest absolute Gasteiger partial charge is 0.425 e. The van der Waals surface area contributed by atoms with Crippen LogP contribution in [0.15, 0.2) is 54.7 Å². The summed E-state index contributed by atoms with van der Waals surface area (Å²) in [5, 5.41) is 21.4. The number of β-amino-alcohol motifs (C(OH)–C–C–N with tert-alkyl or cyclic N) is 1. The molecule has 0 radical (unpaired) electrons. The molecule has 5 unspecified atom stereocenters. The van der Waals surface area contributed by atoms with E-state index in [1.807, 2.05) is 70.0 Å². The van der Waals surface area contributed by atoms with Gasteiger partial charge in [-0.05, 0) is 81.9 Å². The van der Waals surface area contributed by atoms with Gasteiger partial charge in [-0.15, -0.1) is 0 Å². The van der Waals surface area contributed by atoms with Crippen LogP contribution in [0.1, 0.15) is 78.0 Å². The van der Waals surface area contributed by atoms with Crippen LogP contribution >= 0.6 is 0 Å². The van der Waals surface area contributed by atoms with Crippen LogP contribution < -0.4 is 10.6 Å². The average Bonchev–Trinajstić information content (AvgIpc) is 3.59. The highest BCUT2D eigenvalue weighted by molar-refractivity contribution is 5.86. The first kappa shape index (κ1) is 34.6. The predicted molar refractivity (Wildman–Crippen MR) is 177 cm³/mol. The molecule has 3 aliphatic rings. The van der Waals surface area contributed by atoms with Gasteiger partial charge in [0.05, 0.1) is 23.9 Å². The molecule has 2 bridgehead atoms. The number of hydrogen-bond donors (Lipinski definition) is 3. The normalized spacial score (nSPS) is 24.3. The number of aliphatic hydroxyl groups excluding tert-OH is 1. The first-order chi connectivity index (χ1) is 22.4. The number of benzene rings is 1. The lowest BCUT2D eigenvalue weighted by molar-refractivity contribution is -0.130. The zero-order valence-corrected chi connectivity index (χ0v) is 28.3. The highest BCUT2D eigenvalue weighted by atomic mass is 16.6. The second-order valence-electron chi connectivity index (χ2n) is 14.6. The highest BCUT2D eigenvalue weighted by Gasteiger charge is 2.59. The molecule has 3 amide bonds. The van der Waals surface area contributed by atoms with Crippen LogP contribution in [0.25, 0.3) is 0 Å². The van der Waals surface area contributed by atoms with Gasteiger partial charge in [-0.2, -0.15) is 0 Å². The fraction of sp³-hybridized carbons (Fsp3) is 0.611. The van der Waals surface area contributed by atoms with Gasteiger partial charge in [0.1, 0.15) is 18.2 Å². The number of nitrogens with one attached hydrogen (secondary N) is 2. The number of nitrogens with zero attached hydrogens (tertiary/aromatic N) is 3. The third-order valence-electron chi connectivity index (χ3n) is 9.67. The first-order valence-corrected chi connectivity index (χ1v) is 17.1. The van der Waals surface area contributed by atoms with E-state index in [9.17, 15) is 19.5 Å². The largest absolute Gasteiger partial charge is 0.443 e. The molecular formula is C36H51N5O6. The Balaban J connectivity index is 1.32. The van der Waals surface area contributed by atoms with Gasteiger partial charge in [0.2, 0.25) is 5.91 Å². The highest BCUT2D eigenvalue weighted by Crippen LogP contribution is 2.52. The van der Waals surface area contributed by atoms with Crippen molar-refractivity contribution in [2.24, 2.45) is 17.8 Å². The van der Waals surface area contributed by atoms with E-state index in [2.05, 4.69) is 15.6 Å². The Morgan fingerprint density at radius 3 is 2.30 bits per heavy atom. The Bertz CT molecular complexity index is 1350. The number of carbonyl (C=O) groups is 3. The molecule has 11 heteroatoms. The second-order valence-corrected chi connectivity index (χ2v) is 14.6. The van der Waals surface area contributed by atoms with Gasteiger partial charge in [0.25, 0.3) is 0 Å². The molecule has 2 saturated carbocycles. The summed E-state index contributed by atoms with van der Waals surface area (Å²) in [6.07, 6.45) is 5.26. The number of rotatable bonds is 11. The third-order valence-corrected chi connectivity index (χ3v) is 9.67. The van der Waals surface area contributed by atoms with Crippen molar-refractivity contribution in [2.75, 3.05) is 6.54 Å². The van der Waals surface area contributed by atoms with Crippen molar-refractivity contribution in [3.63, 3.8) is 0 Å². The van der Waals surface area contributed by atoms with Crippen molar-refractivity contribution in [3.8, 4) is 0 Å². The summed E-state index contributed by atoms with van der Waals surface area (Å²) >= 11 is 0. The van der Waals surface area contributed by atoms with Crippen molar-refractivity contribution < 1.29 is 29.0 Å². The average molecular weight is 650 g/mol. The minimum Gasteiger partial charge on any atom is -0.443 e. The van der Waals surface area contributed by atoms with Crippen LogP contribution in [0.3, 0.4) is 0 Å². The summed E-state index contributed by atoms with van der Waals surface area (Å²) in [5.74, 6) is 0.222. The van der Waals surface area contributed by atoms with Gasteiger partial charge in [-0.3, -0.25) is 9.78 Å². The maximum absolute atomic E-state index is 13.8. The number of hydrogen-bond acceptors (Lipinski definition) is 8. The number of amides is 3. The minimum absolute atomic E-state index is 0.0253. The zero-order valence-electron chi connectivity index (χ0n) is 28.3. The number of hydrazine groups is 1. The SMILES string of the molecule is CC(C)[C@H](NC(=O)OCc1ccccn1)C(=O)N[C@@H](Cc1ccccc1)C(O)CN1C2CC(C3CCCCC32)N1C(=O)OC(C)(C)C. The van der Waals surface area contributed by atoms with Gasteiger partial charge < -0.3 is 25.2 Å². The third kappa shape index (κ3) is 8.61. The van der Waals surface area contributed by atoms with Crippen molar-refractivity contribution in [1.82, 2.24) is 25.6 Å². The molecule has 1 aromatic heterocycles. The van der Waals surface area contributed by atoms with Crippen LogP contribution in [-0.2, 0) is 27.3 Å². The number of alkyl carbamates (subject to hydrolysis) is 1. The summed E-state index contributed by atoms with van der Waals surface area (Å²) < 4.78 is 11.2. The minimum atomic E-state index is -1.02. The number of aliphatic hydroxyl groups is 1. The van der Waals surface area contributed by atoms with Crippen LogP contribution in [0.2, 0.25) is 0 Å².